The van der Waals surface area contributed by atoms with E-state index < -0.39 is 23.4 Å². The number of halogens is 3. The average molecular weight is 358 g/mol. The quantitative estimate of drug-likeness (QED) is 0.739. The predicted molar refractivity (Wildman–Crippen MR) is 78.8 cm³/mol. The Morgan fingerprint density at radius 3 is 2.60 bits per heavy atom. The van der Waals surface area contributed by atoms with Crippen molar-refractivity contribution in [1.82, 2.24) is 35.3 Å². The zero-order chi connectivity index (χ0) is 18.2. The molecule has 4 N–H and O–H groups in total. The number of nitrogens with zero attached hydrogens (tertiary/aromatic N) is 5. The van der Waals surface area contributed by atoms with E-state index in [-0.39, 0.29) is 17.6 Å². The predicted octanol–water partition coefficient (Wildman–Crippen LogP) is 0.714. The molecule has 0 bridgehead atoms. The smallest absolute Gasteiger partial charge is 0.343 e. The van der Waals surface area contributed by atoms with Gasteiger partial charge in [0.1, 0.15) is 5.82 Å². The van der Waals surface area contributed by atoms with Crippen molar-refractivity contribution in [3.8, 4) is 5.95 Å². The van der Waals surface area contributed by atoms with Crippen LogP contribution in [0.5, 0.6) is 0 Å². The number of carbonyl (C=O) groups is 1. The van der Waals surface area contributed by atoms with Crippen LogP contribution in [0.25, 0.3) is 5.95 Å². The Morgan fingerprint density at radius 2 is 2.04 bits per heavy atom. The minimum Gasteiger partial charge on any atom is -0.343 e. The van der Waals surface area contributed by atoms with E-state index in [0.29, 0.717) is 6.54 Å². The molecule has 2 aromatic rings. The highest BCUT2D eigenvalue weighted by molar-refractivity contribution is 5.91. The summed E-state index contributed by atoms with van der Waals surface area (Å²) in [5.41, 5.74) is 5.29. The lowest BCUT2D eigenvalue weighted by Crippen LogP contribution is -2.51. The molecule has 1 amide bonds. The van der Waals surface area contributed by atoms with Crippen molar-refractivity contribution in [1.29, 1.82) is 0 Å². The molecule has 25 heavy (non-hydrogen) atoms. The number of aromatic amines is 1. The molecule has 0 saturated heterocycles. The maximum absolute atomic E-state index is 12.6. The molecule has 12 heteroatoms. The van der Waals surface area contributed by atoms with Crippen molar-refractivity contribution < 1.29 is 18.0 Å². The molecule has 0 spiro atoms. The molecule has 2 heterocycles. The maximum Gasteiger partial charge on any atom is 0.451 e. The van der Waals surface area contributed by atoms with E-state index in [1.165, 1.54) is 6.92 Å². The zero-order valence-electron chi connectivity index (χ0n) is 13.4. The number of amides is 1. The summed E-state index contributed by atoms with van der Waals surface area (Å²) in [5.74, 6) is -2.11. The largest absolute Gasteiger partial charge is 0.451 e. The highest BCUT2D eigenvalue weighted by Crippen LogP contribution is 2.29. The van der Waals surface area contributed by atoms with Gasteiger partial charge in [-0.25, -0.2) is 4.98 Å². The standard InChI is InChI=1S/C13H17F3N8O/c1-7-18-8(9(25)20-12(6-17)4-2-3-5-12)23-24(7)11-19-10(21-22-11)13(14,15)16/h2-6,17H2,1H3,(H,20,25)(H,19,21,22). The van der Waals surface area contributed by atoms with Crippen molar-refractivity contribution in [3.05, 3.63) is 17.5 Å². The van der Waals surface area contributed by atoms with Crippen molar-refractivity contribution in [2.24, 2.45) is 5.73 Å². The zero-order valence-corrected chi connectivity index (χ0v) is 13.4. The Balaban J connectivity index is 1.82. The molecule has 1 fully saturated rings. The van der Waals surface area contributed by atoms with E-state index in [0.717, 1.165) is 30.4 Å². The number of hydrogen-bond donors (Lipinski definition) is 3. The lowest BCUT2D eigenvalue weighted by atomic mass is 9.98. The Labute approximate surface area is 140 Å². The fourth-order valence-corrected chi connectivity index (χ4v) is 2.88. The van der Waals surface area contributed by atoms with Gasteiger partial charge in [0.05, 0.1) is 5.54 Å². The first kappa shape index (κ1) is 17.3. The van der Waals surface area contributed by atoms with Gasteiger partial charge < -0.3 is 11.1 Å². The molecule has 9 nitrogen and oxygen atoms in total. The van der Waals surface area contributed by atoms with E-state index in [2.05, 4.69) is 25.5 Å². The molecular weight excluding hydrogens is 341 g/mol. The number of H-pyrrole nitrogens is 1. The minimum absolute atomic E-state index is 0.171. The van der Waals surface area contributed by atoms with Crippen LogP contribution >= 0.6 is 0 Å². The van der Waals surface area contributed by atoms with Crippen molar-refractivity contribution in [3.63, 3.8) is 0 Å². The fraction of sp³-hybridized carbons (Fsp3) is 0.615. The Bertz CT molecular complexity index is 775. The molecule has 0 aliphatic heterocycles. The molecule has 1 aliphatic carbocycles. The number of hydrogen-bond acceptors (Lipinski definition) is 6. The number of nitrogens with two attached hydrogens (primary N) is 1. The summed E-state index contributed by atoms with van der Waals surface area (Å²) in [6.07, 6.45) is -1.18. The van der Waals surface area contributed by atoms with Crippen LogP contribution in [0.2, 0.25) is 0 Å². The van der Waals surface area contributed by atoms with Crippen molar-refractivity contribution >= 4 is 5.91 Å². The summed E-state index contributed by atoms with van der Waals surface area (Å²) >= 11 is 0. The summed E-state index contributed by atoms with van der Waals surface area (Å²) in [6.45, 7) is 1.79. The number of aromatic nitrogens is 6. The number of carbonyl (C=O) groups excluding carboxylic acids is 1. The van der Waals surface area contributed by atoms with Gasteiger partial charge in [0.15, 0.2) is 0 Å². The Hall–Kier alpha value is -2.50. The lowest BCUT2D eigenvalue weighted by Gasteiger charge is -2.27. The van der Waals surface area contributed by atoms with E-state index in [1.54, 1.807) is 5.10 Å². The van der Waals surface area contributed by atoms with E-state index in [9.17, 15) is 18.0 Å². The van der Waals surface area contributed by atoms with Crippen LogP contribution in [0, 0.1) is 6.92 Å². The number of alkyl halides is 3. The minimum atomic E-state index is -4.66. The fourth-order valence-electron chi connectivity index (χ4n) is 2.88. The van der Waals surface area contributed by atoms with Gasteiger partial charge in [-0.3, -0.25) is 9.89 Å². The molecule has 3 rings (SSSR count). The second-order valence-corrected chi connectivity index (χ2v) is 6.02. The van der Waals surface area contributed by atoms with Crippen LogP contribution in [0.1, 0.15) is 48.0 Å². The number of nitrogens with one attached hydrogen (secondary N) is 2. The van der Waals surface area contributed by atoms with Crippen LogP contribution in [0.3, 0.4) is 0 Å². The molecular formula is C13H17F3N8O. The first-order valence-corrected chi connectivity index (χ1v) is 7.70. The summed E-state index contributed by atoms with van der Waals surface area (Å²) < 4.78 is 38.8. The molecule has 0 aromatic carbocycles. The first-order valence-electron chi connectivity index (χ1n) is 7.70. The highest BCUT2D eigenvalue weighted by Gasteiger charge is 2.37. The maximum atomic E-state index is 12.6. The van der Waals surface area contributed by atoms with Crippen LogP contribution in [-0.4, -0.2) is 47.9 Å². The molecule has 1 saturated carbocycles. The van der Waals surface area contributed by atoms with Crippen LogP contribution in [0.15, 0.2) is 0 Å². The first-order chi connectivity index (χ1) is 11.7. The third-order valence-corrected chi connectivity index (χ3v) is 4.23. The van der Waals surface area contributed by atoms with Gasteiger partial charge in [-0.2, -0.15) is 22.8 Å². The van der Waals surface area contributed by atoms with Gasteiger partial charge in [0, 0.05) is 6.54 Å². The van der Waals surface area contributed by atoms with Gasteiger partial charge in [-0.05, 0) is 19.8 Å². The third kappa shape index (κ3) is 3.34. The van der Waals surface area contributed by atoms with Crippen molar-refractivity contribution in [2.75, 3.05) is 6.54 Å². The SMILES string of the molecule is Cc1nc(C(=O)NC2(CN)CCCC2)nn1-c1n[nH]c(C(F)(F)F)n1. The van der Waals surface area contributed by atoms with Gasteiger partial charge >= 0.3 is 6.18 Å². The normalized spacial score (nSPS) is 17.0. The van der Waals surface area contributed by atoms with Gasteiger partial charge in [-0.15, -0.1) is 10.2 Å². The van der Waals surface area contributed by atoms with E-state index in [4.69, 9.17) is 5.73 Å². The summed E-state index contributed by atoms with van der Waals surface area (Å²) in [5, 5.41) is 12.0. The van der Waals surface area contributed by atoms with Gasteiger partial charge in [0.2, 0.25) is 11.6 Å². The molecule has 0 radical (unpaired) electrons. The van der Waals surface area contributed by atoms with Gasteiger partial charge in [0.25, 0.3) is 11.9 Å². The van der Waals surface area contributed by atoms with Gasteiger partial charge in [-0.1, -0.05) is 12.8 Å². The Morgan fingerprint density at radius 1 is 1.36 bits per heavy atom. The molecule has 0 atom stereocenters. The number of aryl methyl sites for hydroxylation is 1. The molecule has 136 valence electrons. The number of rotatable bonds is 4. The second-order valence-electron chi connectivity index (χ2n) is 6.02. The lowest BCUT2D eigenvalue weighted by molar-refractivity contribution is -0.144. The summed E-state index contributed by atoms with van der Waals surface area (Å²) in [4.78, 5) is 19.7. The van der Waals surface area contributed by atoms with Crippen LogP contribution in [-0.2, 0) is 6.18 Å². The molecule has 2 aromatic heterocycles. The highest BCUT2D eigenvalue weighted by atomic mass is 19.4. The summed E-state index contributed by atoms with van der Waals surface area (Å²) in [7, 11) is 0. The third-order valence-electron chi connectivity index (χ3n) is 4.23. The van der Waals surface area contributed by atoms with E-state index in [1.807, 2.05) is 0 Å². The average Bonchev–Trinajstić information content (AvgIpc) is 3.25. The molecule has 1 aliphatic rings. The van der Waals surface area contributed by atoms with Crippen LogP contribution in [0.4, 0.5) is 13.2 Å². The second kappa shape index (κ2) is 6.10. The summed E-state index contributed by atoms with van der Waals surface area (Å²) in [6, 6.07) is 0. The van der Waals surface area contributed by atoms with Crippen molar-refractivity contribution in [2.45, 2.75) is 44.3 Å². The topological polar surface area (TPSA) is 127 Å². The van der Waals surface area contributed by atoms with Crippen LogP contribution < -0.4 is 11.1 Å². The van der Waals surface area contributed by atoms with E-state index >= 15 is 0 Å². The Kier molecular flexibility index (Phi) is 4.22. The molecule has 0 unspecified atom stereocenters. The monoisotopic (exact) mass is 358 g/mol.